The maximum atomic E-state index is 15.3. The summed E-state index contributed by atoms with van der Waals surface area (Å²) in [4.78, 5) is 26.0. The van der Waals surface area contributed by atoms with Gasteiger partial charge in [0.05, 0.1) is 34.8 Å². The number of hydrogen-bond acceptors (Lipinski definition) is 7. The highest BCUT2D eigenvalue weighted by Crippen LogP contribution is 2.39. The number of benzene rings is 1. The Hall–Kier alpha value is -1.91. The number of carbonyl (C=O) groups is 1. The number of carbonyl (C=O) groups excluding carboxylic acids is 1. The minimum atomic E-state index is -0.561. The first-order valence-corrected chi connectivity index (χ1v) is 13.1. The smallest absolute Gasteiger partial charge is 0.410 e. The monoisotopic (exact) mass is 570 g/mol. The van der Waals surface area contributed by atoms with Crippen LogP contribution in [0.3, 0.4) is 0 Å². The van der Waals surface area contributed by atoms with Gasteiger partial charge in [0, 0.05) is 31.3 Å². The molecular weight excluding hydrogens is 543 g/mol. The lowest BCUT2D eigenvalue weighted by Crippen LogP contribution is -2.57. The first kappa shape index (κ1) is 24.8. The first-order chi connectivity index (χ1) is 16.6. The maximum Gasteiger partial charge on any atom is 0.410 e. The average molecular weight is 572 g/mol. The van der Waals surface area contributed by atoms with Crippen molar-refractivity contribution in [3.63, 3.8) is 0 Å². The van der Waals surface area contributed by atoms with Gasteiger partial charge in [-0.1, -0.05) is 11.6 Å². The van der Waals surface area contributed by atoms with E-state index >= 15 is 4.39 Å². The van der Waals surface area contributed by atoms with Gasteiger partial charge in [-0.15, -0.1) is 0 Å². The molecule has 1 aromatic carbocycles. The lowest BCUT2D eigenvalue weighted by atomic mass is 10.1. The Morgan fingerprint density at radius 3 is 2.46 bits per heavy atom. The van der Waals surface area contributed by atoms with Crippen molar-refractivity contribution in [2.24, 2.45) is 0 Å². The number of hydrogen-bond donors (Lipinski definition) is 0. The number of amides is 1. The van der Waals surface area contributed by atoms with E-state index in [1.165, 1.54) is 0 Å². The molecule has 0 saturated carbocycles. The van der Waals surface area contributed by atoms with Crippen molar-refractivity contribution >= 4 is 50.3 Å². The zero-order valence-electron chi connectivity index (χ0n) is 20.0. The van der Waals surface area contributed by atoms with Crippen molar-refractivity contribution in [3.05, 3.63) is 21.4 Å². The third-order valence-electron chi connectivity index (χ3n) is 6.61. The lowest BCUT2D eigenvalue weighted by molar-refractivity contribution is 0.0121. The van der Waals surface area contributed by atoms with E-state index in [2.05, 4.69) is 25.8 Å². The molecule has 0 spiro atoms. The van der Waals surface area contributed by atoms with Crippen LogP contribution in [-0.4, -0.2) is 71.1 Å². The Labute approximate surface area is 217 Å². The van der Waals surface area contributed by atoms with Crippen LogP contribution in [0.2, 0.25) is 5.02 Å². The van der Waals surface area contributed by atoms with Gasteiger partial charge < -0.3 is 19.1 Å². The fraction of sp³-hybridized carbons (Fsp3) is 0.625. The van der Waals surface area contributed by atoms with Crippen molar-refractivity contribution in [1.82, 2.24) is 14.9 Å². The van der Waals surface area contributed by atoms with Crippen molar-refractivity contribution < 1.29 is 23.4 Å². The summed E-state index contributed by atoms with van der Waals surface area (Å²) in [6.45, 7) is 7.92. The van der Waals surface area contributed by atoms with Gasteiger partial charge in [0.15, 0.2) is 5.82 Å². The van der Waals surface area contributed by atoms with Gasteiger partial charge in [0.2, 0.25) is 0 Å². The molecule has 3 saturated heterocycles. The topological polar surface area (TPSA) is 77.0 Å². The van der Waals surface area contributed by atoms with Crippen molar-refractivity contribution in [2.45, 2.75) is 70.2 Å². The van der Waals surface area contributed by atoms with Crippen LogP contribution in [-0.2, 0) is 9.47 Å². The van der Waals surface area contributed by atoms with Crippen molar-refractivity contribution in [3.8, 4) is 6.01 Å². The third-order valence-corrected chi connectivity index (χ3v) is 7.91. The summed E-state index contributed by atoms with van der Waals surface area (Å²) in [6.07, 6.45) is 2.81. The van der Waals surface area contributed by atoms with Crippen molar-refractivity contribution in [2.75, 3.05) is 31.2 Å². The number of ether oxygens (including phenoxy) is 3. The Balaban J connectivity index is 1.49. The summed E-state index contributed by atoms with van der Waals surface area (Å²) in [6, 6.07) is 1.77. The van der Waals surface area contributed by atoms with Gasteiger partial charge in [0.1, 0.15) is 23.0 Å². The molecule has 8 nitrogen and oxygen atoms in total. The molecule has 2 atom stereocenters. The summed E-state index contributed by atoms with van der Waals surface area (Å²) < 4.78 is 32.6. The molecule has 1 aromatic heterocycles. The van der Waals surface area contributed by atoms with E-state index in [9.17, 15) is 4.79 Å². The zero-order chi connectivity index (χ0) is 24.9. The van der Waals surface area contributed by atoms with Gasteiger partial charge in [-0.2, -0.15) is 9.97 Å². The number of nitrogens with zero attached hydrogens (tertiary/aromatic N) is 4. The summed E-state index contributed by atoms with van der Waals surface area (Å²) in [5.41, 5.74) is -0.413. The molecule has 5 rings (SSSR count). The summed E-state index contributed by atoms with van der Waals surface area (Å²) in [5.74, 6) is 0.00874. The quantitative estimate of drug-likeness (QED) is 0.461. The van der Waals surface area contributed by atoms with E-state index in [4.69, 9.17) is 30.8 Å². The van der Waals surface area contributed by atoms with Crippen LogP contribution in [0.25, 0.3) is 10.9 Å². The minimum Gasteiger partial charge on any atom is -0.460 e. The Kier molecular flexibility index (Phi) is 6.74. The highest BCUT2D eigenvalue weighted by Gasteiger charge is 2.45. The molecular formula is C24H29BrClFN4O4. The van der Waals surface area contributed by atoms with Gasteiger partial charge in [-0.05, 0) is 55.6 Å². The molecule has 2 bridgehead atoms. The van der Waals surface area contributed by atoms with Crippen LogP contribution in [0.15, 0.2) is 10.5 Å². The Bertz CT molecular complexity index is 1130. The molecule has 2 aromatic rings. The molecule has 3 fully saturated rings. The number of piperazine rings is 1. The number of rotatable bonds is 3. The number of anilines is 1. The summed E-state index contributed by atoms with van der Waals surface area (Å²) in [5, 5.41) is 0.758. The number of halogens is 3. The lowest BCUT2D eigenvalue weighted by Gasteiger charge is -2.42. The van der Waals surface area contributed by atoms with Gasteiger partial charge in [0.25, 0.3) is 0 Å². The normalized spacial score (nSPS) is 23.1. The minimum absolute atomic E-state index is 0.0238. The second-order valence-corrected chi connectivity index (χ2v) is 11.5. The van der Waals surface area contributed by atoms with Crippen molar-refractivity contribution in [1.29, 1.82) is 0 Å². The molecule has 1 amide bonds. The van der Waals surface area contributed by atoms with E-state index in [1.54, 1.807) is 6.07 Å². The van der Waals surface area contributed by atoms with Crippen LogP contribution in [0.1, 0.15) is 46.5 Å². The van der Waals surface area contributed by atoms with Crippen LogP contribution >= 0.6 is 27.5 Å². The van der Waals surface area contributed by atoms with Crippen LogP contribution < -0.4 is 9.64 Å². The Morgan fingerprint density at radius 2 is 1.83 bits per heavy atom. The molecule has 0 aliphatic carbocycles. The van der Waals surface area contributed by atoms with E-state index in [1.807, 2.05) is 25.7 Å². The molecule has 2 unspecified atom stereocenters. The van der Waals surface area contributed by atoms with Gasteiger partial charge >= 0.3 is 12.1 Å². The largest absolute Gasteiger partial charge is 0.460 e. The van der Waals surface area contributed by atoms with Crippen LogP contribution in [0, 0.1) is 5.82 Å². The molecule has 3 aliphatic heterocycles. The number of fused-ring (bicyclic) bond motifs is 3. The maximum absolute atomic E-state index is 15.3. The molecule has 0 radical (unpaired) electrons. The predicted molar refractivity (Wildman–Crippen MR) is 134 cm³/mol. The fourth-order valence-electron chi connectivity index (χ4n) is 5.06. The van der Waals surface area contributed by atoms with E-state index in [-0.39, 0.29) is 45.3 Å². The van der Waals surface area contributed by atoms with E-state index in [0.29, 0.717) is 37.5 Å². The molecule has 35 heavy (non-hydrogen) atoms. The molecule has 190 valence electrons. The fourth-order valence-corrected chi connectivity index (χ4v) is 5.56. The highest BCUT2D eigenvalue weighted by atomic mass is 79.9. The third kappa shape index (κ3) is 5.02. The summed E-state index contributed by atoms with van der Waals surface area (Å²) in [7, 11) is 0. The second kappa shape index (κ2) is 9.52. The Morgan fingerprint density at radius 1 is 1.17 bits per heavy atom. The average Bonchev–Trinajstić information content (AvgIpc) is 3.07. The molecule has 11 heteroatoms. The molecule has 3 aliphatic rings. The number of aromatic nitrogens is 2. The van der Waals surface area contributed by atoms with Gasteiger partial charge in [-0.25, -0.2) is 9.18 Å². The van der Waals surface area contributed by atoms with E-state index < -0.39 is 11.4 Å². The SMILES string of the molecule is CC(C)(C)OC(=O)N1C2CCC1CN(c1nc(OC3CCOCC3)nc3c(F)c(Br)c(Cl)cc13)C2. The summed E-state index contributed by atoms with van der Waals surface area (Å²) >= 11 is 9.54. The molecule has 0 N–H and O–H groups in total. The van der Waals surface area contributed by atoms with E-state index in [0.717, 1.165) is 25.7 Å². The predicted octanol–water partition coefficient (Wildman–Crippen LogP) is 5.33. The highest BCUT2D eigenvalue weighted by molar-refractivity contribution is 9.10. The first-order valence-electron chi connectivity index (χ1n) is 12.0. The zero-order valence-corrected chi connectivity index (χ0v) is 22.4. The van der Waals surface area contributed by atoms with Crippen LogP contribution in [0.4, 0.5) is 15.0 Å². The second-order valence-electron chi connectivity index (χ2n) is 10.3. The standard InChI is InChI=1S/C24H29BrClFN4O4/c1-24(2,3)35-23(32)31-13-4-5-14(31)12-30(11-13)21-16-10-17(26)18(25)19(27)20(16)28-22(29-21)34-15-6-8-33-9-7-15/h10,13-15H,4-9,11-12H2,1-3H3. The van der Waals surface area contributed by atoms with Crippen LogP contribution in [0.5, 0.6) is 6.01 Å². The molecule has 4 heterocycles. The van der Waals surface area contributed by atoms with Gasteiger partial charge in [-0.3, -0.25) is 4.90 Å².